The van der Waals surface area contributed by atoms with Gasteiger partial charge in [0.2, 0.25) is 5.88 Å². The van der Waals surface area contributed by atoms with Crippen molar-refractivity contribution in [3.05, 3.63) is 125 Å². The number of aromatic hydroxyl groups is 1. The first-order chi connectivity index (χ1) is 21.0. The summed E-state index contributed by atoms with van der Waals surface area (Å²) in [6.45, 7) is 13.7. The Bertz CT molecular complexity index is 1900. The Labute approximate surface area is 259 Å². The van der Waals surface area contributed by atoms with E-state index in [9.17, 15) is 5.11 Å². The van der Waals surface area contributed by atoms with Gasteiger partial charge in [0.05, 0.1) is 12.1 Å². The van der Waals surface area contributed by atoms with Gasteiger partial charge in [-0.25, -0.2) is 4.98 Å². The number of amidine groups is 1. The van der Waals surface area contributed by atoms with Crippen LogP contribution in [0, 0.1) is 0 Å². The minimum Gasteiger partial charge on any atom is -0.506 e. The molecule has 7 rings (SSSR count). The fourth-order valence-electron chi connectivity index (χ4n) is 6.43. The van der Waals surface area contributed by atoms with Gasteiger partial charge in [-0.2, -0.15) is 0 Å². The van der Waals surface area contributed by atoms with Crippen molar-refractivity contribution in [3.8, 4) is 17.4 Å². The molecule has 2 aliphatic rings. The quantitative estimate of drug-likeness (QED) is 0.230. The second-order valence-electron chi connectivity index (χ2n) is 14.1. The topological polar surface area (TPSA) is 58.0 Å². The molecule has 0 radical (unpaired) electrons. The predicted octanol–water partition coefficient (Wildman–Crippen LogP) is 9.26. The van der Waals surface area contributed by atoms with Gasteiger partial charge in [-0.15, -0.1) is 0 Å². The van der Waals surface area contributed by atoms with E-state index in [1.807, 2.05) is 42.5 Å². The monoisotopic (exact) mass is 581 g/mol. The highest BCUT2D eigenvalue weighted by molar-refractivity contribution is 6.12. The molecule has 4 aromatic carbocycles. The third-order valence-electron chi connectivity index (χ3n) is 8.90. The fraction of sp³-hybridized carbons (Fsp3) is 0.282. The molecule has 1 N–H and O–H groups in total. The highest BCUT2D eigenvalue weighted by atomic mass is 16.5. The normalized spacial score (nSPS) is 17.9. The van der Waals surface area contributed by atoms with Gasteiger partial charge in [0.1, 0.15) is 22.9 Å². The van der Waals surface area contributed by atoms with Crippen molar-refractivity contribution in [2.75, 3.05) is 4.90 Å². The van der Waals surface area contributed by atoms with E-state index >= 15 is 0 Å². The number of nitrogens with zero attached hydrogens (tertiary/aromatic N) is 3. The maximum atomic E-state index is 10.3. The van der Waals surface area contributed by atoms with E-state index in [1.54, 1.807) is 6.07 Å². The molecule has 5 nitrogen and oxygen atoms in total. The first-order valence-electron chi connectivity index (χ1n) is 15.4. The lowest BCUT2D eigenvalue weighted by atomic mass is 9.80. The zero-order valence-corrected chi connectivity index (χ0v) is 26.3. The number of benzene rings is 4. The van der Waals surface area contributed by atoms with Crippen LogP contribution in [0.15, 0.2) is 102 Å². The highest BCUT2D eigenvalue weighted by Gasteiger charge is 2.44. The van der Waals surface area contributed by atoms with Crippen molar-refractivity contribution in [2.45, 2.75) is 70.9 Å². The second-order valence-corrected chi connectivity index (χ2v) is 14.1. The van der Waals surface area contributed by atoms with E-state index < -0.39 is 0 Å². The van der Waals surface area contributed by atoms with Gasteiger partial charge in [0.15, 0.2) is 0 Å². The summed E-state index contributed by atoms with van der Waals surface area (Å²) in [7, 11) is 0. The van der Waals surface area contributed by atoms with Gasteiger partial charge in [-0.3, -0.25) is 4.99 Å². The number of para-hydroxylation sites is 1. The Morgan fingerprint density at radius 1 is 0.773 bits per heavy atom. The second kappa shape index (κ2) is 10.2. The van der Waals surface area contributed by atoms with E-state index in [0.717, 1.165) is 23.2 Å². The van der Waals surface area contributed by atoms with Crippen molar-refractivity contribution in [1.82, 2.24) is 4.98 Å². The van der Waals surface area contributed by atoms with Crippen LogP contribution in [0.3, 0.4) is 0 Å². The van der Waals surface area contributed by atoms with Crippen molar-refractivity contribution in [3.63, 3.8) is 0 Å². The molecule has 5 heteroatoms. The van der Waals surface area contributed by atoms with Crippen LogP contribution in [0.5, 0.6) is 17.4 Å². The molecule has 0 spiro atoms. The summed E-state index contributed by atoms with van der Waals surface area (Å²) >= 11 is 0. The average molecular weight is 582 g/mol. The summed E-state index contributed by atoms with van der Waals surface area (Å²) in [5.74, 6) is 2.19. The zero-order chi connectivity index (χ0) is 30.8. The molecule has 44 heavy (non-hydrogen) atoms. The van der Waals surface area contributed by atoms with Crippen LogP contribution in [0.1, 0.15) is 75.4 Å². The summed E-state index contributed by atoms with van der Waals surface area (Å²) in [5.41, 5.74) is 8.03. The van der Waals surface area contributed by atoms with Crippen LogP contribution in [0.4, 0.5) is 5.69 Å². The molecule has 1 aromatic heterocycles. The molecule has 0 amide bonds. The van der Waals surface area contributed by atoms with Crippen molar-refractivity contribution >= 4 is 22.4 Å². The molecule has 5 aromatic rings. The van der Waals surface area contributed by atoms with Gasteiger partial charge in [-0.05, 0) is 75.9 Å². The fourth-order valence-corrected chi connectivity index (χ4v) is 6.43. The number of phenols is 1. The Hall–Kier alpha value is -4.64. The number of phenolic OH excluding ortho intramolecular Hbond substituents is 1. The lowest BCUT2D eigenvalue weighted by Gasteiger charge is -2.32. The summed E-state index contributed by atoms with van der Waals surface area (Å²) in [6.07, 6.45) is 0.944. The maximum Gasteiger partial charge on any atom is 0.219 e. The van der Waals surface area contributed by atoms with Crippen LogP contribution in [-0.2, 0) is 17.3 Å². The number of pyridine rings is 1. The Morgan fingerprint density at radius 2 is 1.50 bits per heavy atom. The Morgan fingerprint density at radius 3 is 2.25 bits per heavy atom. The molecule has 1 aliphatic heterocycles. The minimum atomic E-state index is 0.000127. The largest absolute Gasteiger partial charge is 0.506 e. The number of hydrogen-bond acceptors (Lipinski definition) is 5. The van der Waals surface area contributed by atoms with Gasteiger partial charge in [-0.1, -0.05) is 96.1 Å². The standard InChI is InChI=1S/C39H39N3O2/c1-38(2,3)27-21-28(39(4,5)6)23-29(22-27)42-32-20-25-11-7-8-15-31(25)36(32)41-37(42)26-13-9-14-30(19-26)44-34-18-17-24-12-10-16-33(43)35(24)40-34/h7-19,21-23,32,36,43H,20H2,1-6H3/t32-,36-/m0/s1. The van der Waals surface area contributed by atoms with Crippen LogP contribution in [0.25, 0.3) is 10.9 Å². The van der Waals surface area contributed by atoms with Crippen molar-refractivity contribution in [2.24, 2.45) is 4.99 Å². The SMILES string of the molecule is CC(C)(C)c1cc(N2C(c3cccc(Oc4ccc5cccc(O)c5n4)c3)=N[C@H]3c4ccccc4C[C@@H]32)cc(C(C)(C)C)c1. The molecule has 0 bridgehead atoms. The van der Waals surface area contributed by atoms with Crippen LogP contribution in [0.2, 0.25) is 0 Å². The molecule has 2 atom stereocenters. The van der Waals surface area contributed by atoms with Gasteiger partial charge in [0.25, 0.3) is 0 Å². The molecule has 222 valence electrons. The van der Waals surface area contributed by atoms with E-state index in [-0.39, 0.29) is 28.7 Å². The Balaban J connectivity index is 1.33. The number of aromatic nitrogens is 1. The highest BCUT2D eigenvalue weighted by Crippen LogP contribution is 2.46. The van der Waals surface area contributed by atoms with Crippen molar-refractivity contribution < 1.29 is 9.84 Å². The number of fused-ring (bicyclic) bond motifs is 4. The molecule has 2 heterocycles. The zero-order valence-electron chi connectivity index (χ0n) is 26.3. The number of rotatable bonds is 4. The van der Waals surface area contributed by atoms with Gasteiger partial charge in [0, 0.05) is 22.7 Å². The number of anilines is 1. The molecule has 0 fully saturated rings. The predicted molar refractivity (Wildman–Crippen MR) is 179 cm³/mol. The summed E-state index contributed by atoms with van der Waals surface area (Å²) in [6, 6.07) is 33.3. The number of ether oxygens (including phenoxy) is 1. The van der Waals surface area contributed by atoms with Crippen LogP contribution >= 0.6 is 0 Å². The lowest BCUT2D eigenvalue weighted by Crippen LogP contribution is -2.38. The summed E-state index contributed by atoms with van der Waals surface area (Å²) in [5, 5.41) is 11.2. The van der Waals surface area contributed by atoms with Crippen LogP contribution < -0.4 is 9.64 Å². The third-order valence-corrected chi connectivity index (χ3v) is 8.90. The maximum absolute atomic E-state index is 10.3. The van der Waals surface area contributed by atoms with Crippen LogP contribution in [-0.4, -0.2) is 22.0 Å². The van der Waals surface area contributed by atoms with Gasteiger partial charge < -0.3 is 14.7 Å². The van der Waals surface area contributed by atoms with Crippen molar-refractivity contribution in [1.29, 1.82) is 0 Å². The van der Waals surface area contributed by atoms with Gasteiger partial charge >= 0.3 is 0 Å². The first-order valence-corrected chi connectivity index (χ1v) is 15.4. The minimum absolute atomic E-state index is 0.000127. The molecule has 0 unspecified atom stereocenters. The number of hydrogen-bond donors (Lipinski definition) is 1. The lowest BCUT2D eigenvalue weighted by molar-refractivity contribution is 0.460. The molecule has 1 aliphatic carbocycles. The molecular formula is C39H39N3O2. The third kappa shape index (κ3) is 5.00. The Kier molecular flexibility index (Phi) is 6.54. The molecule has 0 saturated heterocycles. The smallest absolute Gasteiger partial charge is 0.219 e. The van der Waals surface area contributed by atoms with E-state index in [1.165, 1.54) is 27.9 Å². The number of aliphatic imine (C=N–C) groups is 1. The average Bonchev–Trinajstić information content (AvgIpc) is 3.53. The summed E-state index contributed by atoms with van der Waals surface area (Å²) < 4.78 is 6.26. The van der Waals surface area contributed by atoms with E-state index in [2.05, 4.69) is 100.0 Å². The summed E-state index contributed by atoms with van der Waals surface area (Å²) in [4.78, 5) is 12.5. The molecule has 0 saturated carbocycles. The first kappa shape index (κ1) is 28.1. The van der Waals surface area contributed by atoms with E-state index in [0.29, 0.717) is 17.1 Å². The molecular weight excluding hydrogens is 542 g/mol. The van der Waals surface area contributed by atoms with E-state index in [4.69, 9.17) is 9.73 Å².